The Kier molecular flexibility index (Phi) is 7.46. The van der Waals surface area contributed by atoms with Gasteiger partial charge in [0.05, 0.1) is 17.3 Å². The zero-order chi connectivity index (χ0) is 27.4. The summed E-state index contributed by atoms with van der Waals surface area (Å²) < 4.78 is 13.0. The Hall–Kier alpha value is -4.84. The molecule has 0 fully saturated rings. The molecule has 0 spiro atoms. The second-order valence-electron chi connectivity index (χ2n) is 8.27. The first-order chi connectivity index (χ1) is 19.0. The van der Waals surface area contributed by atoms with Crippen molar-refractivity contribution in [2.75, 3.05) is 12.4 Å². The lowest BCUT2D eigenvalue weighted by Crippen LogP contribution is -2.32. The third-order valence-electron chi connectivity index (χ3n) is 5.75. The van der Waals surface area contributed by atoms with E-state index >= 15 is 0 Å². The Morgan fingerprint density at radius 3 is 2.54 bits per heavy atom. The summed E-state index contributed by atoms with van der Waals surface area (Å²) in [5.41, 5.74) is 1.23. The molecule has 2 aromatic heterocycles. The summed E-state index contributed by atoms with van der Waals surface area (Å²) in [6, 6.07) is 28.4. The van der Waals surface area contributed by atoms with Crippen LogP contribution in [0.1, 0.15) is 5.76 Å². The third-order valence-corrected chi connectivity index (χ3v) is 7.09. The third kappa shape index (κ3) is 5.55. The highest BCUT2D eigenvalue weighted by Crippen LogP contribution is 2.24. The van der Waals surface area contributed by atoms with Crippen LogP contribution in [0.2, 0.25) is 5.02 Å². The van der Waals surface area contributed by atoms with Crippen molar-refractivity contribution in [2.45, 2.75) is 0 Å². The minimum Gasteiger partial charge on any atom is -0.497 e. The molecule has 1 N–H and O–H groups in total. The normalized spacial score (nSPS) is 12.1. The van der Waals surface area contributed by atoms with E-state index < -0.39 is 5.91 Å². The zero-order valence-electron chi connectivity index (χ0n) is 20.6. The molecule has 1 amide bonds. The van der Waals surface area contributed by atoms with Crippen molar-refractivity contribution in [1.29, 1.82) is 5.26 Å². The number of halogens is 1. The number of ether oxygens (including phenoxy) is 1. The quantitative estimate of drug-likeness (QED) is 0.320. The number of carbonyl (C=O) groups excluding carboxylic acids is 1. The van der Waals surface area contributed by atoms with E-state index in [-0.39, 0.29) is 15.8 Å². The first kappa shape index (κ1) is 25.8. The molecule has 0 aliphatic carbocycles. The van der Waals surface area contributed by atoms with Crippen LogP contribution in [0.15, 0.2) is 100 Å². The molecule has 0 radical (unpaired) electrons. The van der Waals surface area contributed by atoms with Gasteiger partial charge in [0.1, 0.15) is 28.0 Å². The molecule has 0 unspecified atom stereocenters. The second kappa shape index (κ2) is 11.3. The topological polar surface area (TPSA) is 97.3 Å². The van der Waals surface area contributed by atoms with Gasteiger partial charge in [-0.1, -0.05) is 35.9 Å². The SMILES string of the molecule is COc1cccc(NC(=O)/C(C#N)=c2\s/c(=C/c3ccc(-c4ccc(Cl)cc4)o3)c(=O)n2-c2ccccc2)c1. The van der Waals surface area contributed by atoms with Gasteiger partial charge in [-0.2, -0.15) is 5.26 Å². The van der Waals surface area contributed by atoms with Crippen LogP contribution in [0, 0.1) is 11.3 Å². The van der Waals surface area contributed by atoms with Crippen molar-refractivity contribution in [3.8, 4) is 28.8 Å². The van der Waals surface area contributed by atoms with E-state index in [1.165, 1.54) is 11.7 Å². The molecular formula is C30H20ClN3O4S. The molecule has 0 saturated carbocycles. The van der Waals surface area contributed by atoms with Crippen LogP contribution in [-0.2, 0) is 4.79 Å². The molecule has 2 heterocycles. The largest absolute Gasteiger partial charge is 0.497 e. The number of nitriles is 1. The number of nitrogens with one attached hydrogen (secondary N) is 1. The molecule has 5 rings (SSSR count). The summed E-state index contributed by atoms with van der Waals surface area (Å²) in [4.78, 5) is 26.8. The number of hydrogen-bond acceptors (Lipinski definition) is 6. The van der Waals surface area contributed by atoms with Gasteiger partial charge < -0.3 is 14.5 Å². The molecule has 0 saturated heterocycles. The first-order valence-corrected chi connectivity index (χ1v) is 12.9. The summed E-state index contributed by atoms with van der Waals surface area (Å²) >= 11 is 7.02. The van der Waals surface area contributed by atoms with Crippen LogP contribution in [0.4, 0.5) is 5.69 Å². The second-order valence-corrected chi connectivity index (χ2v) is 9.74. The summed E-state index contributed by atoms with van der Waals surface area (Å²) in [5.74, 6) is 0.965. The van der Waals surface area contributed by atoms with Gasteiger partial charge in [0.15, 0.2) is 5.57 Å². The highest BCUT2D eigenvalue weighted by molar-refractivity contribution is 7.07. The maximum absolute atomic E-state index is 13.6. The van der Waals surface area contributed by atoms with Gasteiger partial charge in [-0.3, -0.25) is 14.2 Å². The van der Waals surface area contributed by atoms with Gasteiger partial charge in [-0.05, 0) is 60.7 Å². The maximum atomic E-state index is 13.6. The molecule has 0 atom stereocenters. The molecule has 0 aliphatic rings. The first-order valence-electron chi connectivity index (χ1n) is 11.7. The van der Waals surface area contributed by atoms with E-state index in [1.54, 1.807) is 78.9 Å². The summed E-state index contributed by atoms with van der Waals surface area (Å²) in [6.45, 7) is 0. The van der Waals surface area contributed by atoms with E-state index in [2.05, 4.69) is 5.32 Å². The number of benzene rings is 3. The molecular weight excluding hydrogens is 534 g/mol. The summed E-state index contributed by atoms with van der Waals surface area (Å²) in [5, 5.41) is 13.4. The van der Waals surface area contributed by atoms with Gasteiger partial charge in [0, 0.05) is 28.4 Å². The van der Waals surface area contributed by atoms with Crippen molar-refractivity contribution < 1.29 is 13.9 Å². The number of rotatable bonds is 6. The van der Waals surface area contributed by atoms with Gasteiger partial charge in [0.2, 0.25) is 0 Å². The monoisotopic (exact) mass is 553 g/mol. The van der Waals surface area contributed by atoms with Crippen LogP contribution in [0.25, 0.3) is 28.7 Å². The number of methoxy groups -OCH3 is 1. The summed E-state index contributed by atoms with van der Waals surface area (Å²) in [7, 11) is 1.52. The number of furan rings is 1. The highest BCUT2D eigenvalue weighted by atomic mass is 35.5. The number of nitrogens with zero attached hydrogens (tertiary/aromatic N) is 2. The number of aromatic nitrogens is 1. The Bertz CT molecular complexity index is 1880. The van der Waals surface area contributed by atoms with Crippen molar-refractivity contribution in [2.24, 2.45) is 0 Å². The van der Waals surface area contributed by atoms with Crippen LogP contribution in [-0.4, -0.2) is 17.6 Å². The van der Waals surface area contributed by atoms with Gasteiger partial charge in [-0.15, -0.1) is 11.3 Å². The van der Waals surface area contributed by atoms with Crippen molar-refractivity contribution in [3.63, 3.8) is 0 Å². The molecule has 0 aliphatic heterocycles. The molecule has 7 nitrogen and oxygen atoms in total. The molecule has 39 heavy (non-hydrogen) atoms. The molecule has 192 valence electrons. The minimum absolute atomic E-state index is 0.199. The fourth-order valence-electron chi connectivity index (χ4n) is 3.88. The zero-order valence-corrected chi connectivity index (χ0v) is 22.1. The predicted octanol–water partition coefficient (Wildman–Crippen LogP) is 4.96. The number of amides is 1. The number of anilines is 1. The predicted molar refractivity (Wildman–Crippen MR) is 153 cm³/mol. The van der Waals surface area contributed by atoms with Crippen molar-refractivity contribution in [3.05, 3.63) is 121 Å². The van der Waals surface area contributed by atoms with Crippen molar-refractivity contribution in [1.82, 2.24) is 4.57 Å². The molecule has 5 aromatic rings. The number of thiazole rings is 1. The molecule has 0 bridgehead atoms. The highest BCUT2D eigenvalue weighted by Gasteiger charge is 2.18. The average molecular weight is 554 g/mol. The van der Waals surface area contributed by atoms with Gasteiger partial charge >= 0.3 is 0 Å². The van der Waals surface area contributed by atoms with Gasteiger partial charge in [-0.25, -0.2) is 0 Å². The van der Waals surface area contributed by atoms with E-state index in [0.29, 0.717) is 38.2 Å². The molecule has 9 heteroatoms. The molecule has 3 aromatic carbocycles. The number of hydrogen-bond donors (Lipinski definition) is 1. The standard InChI is InChI=1S/C30H20ClN3O4S/c1-37-23-9-5-6-21(16-23)33-28(35)25(18-32)30-34(22-7-3-2-4-8-22)29(36)27(39-30)17-24-14-15-26(38-24)19-10-12-20(31)13-11-19/h2-17H,1H3,(H,33,35)/b27-17+,30-25-. The van der Waals surface area contributed by atoms with Crippen LogP contribution < -0.4 is 24.8 Å². The van der Waals surface area contributed by atoms with E-state index in [4.69, 9.17) is 20.8 Å². The maximum Gasteiger partial charge on any atom is 0.273 e. The van der Waals surface area contributed by atoms with Crippen LogP contribution >= 0.6 is 22.9 Å². The Morgan fingerprint density at radius 1 is 1.05 bits per heavy atom. The van der Waals surface area contributed by atoms with Crippen LogP contribution in [0.5, 0.6) is 5.75 Å². The lowest BCUT2D eigenvalue weighted by atomic mass is 10.2. The van der Waals surface area contributed by atoms with E-state index in [1.807, 2.05) is 24.3 Å². The number of carbonyl (C=O) groups is 1. The van der Waals surface area contributed by atoms with E-state index in [0.717, 1.165) is 16.9 Å². The summed E-state index contributed by atoms with van der Waals surface area (Å²) in [6.07, 6.45) is 1.60. The number of para-hydroxylation sites is 1. The fraction of sp³-hybridized carbons (Fsp3) is 0.0333. The van der Waals surface area contributed by atoms with Crippen molar-refractivity contribution >= 4 is 46.2 Å². The van der Waals surface area contributed by atoms with E-state index in [9.17, 15) is 14.9 Å². The fourth-order valence-corrected chi connectivity index (χ4v) is 5.09. The van der Waals surface area contributed by atoms with Gasteiger partial charge in [0.25, 0.3) is 11.5 Å². The Morgan fingerprint density at radius 2 is 1.82 bits per heavy atom. The smallest absolute Gasteiger partial charge is 0.273 e. The Balaban J connectivity index is 1.64. The lowest BCUT2D eigenvalue weighted by Gasteiger charge is -2.07. The Labute approximate surface area is 232 Å². The lowest BCUT2D eigenvalue weighted by molar-refractivity contribution is -0.111. The minimum atomic E-state index is -0.647. The average Bonchev–Trinajstić information content (AvgIpc) is 3.54. The van der Waals surface area contributed by atoms with Crippen LogP contribution in [0.3, 0.4) is 0 Å².